The number of unbranched alkanes of at least 4 members (excludes halogenated alkanes) is 1. The molecule has 25 heavy (non-hydrogen) atoms. The number of aryl methyl sites for hydroxylation is 1. The molecule has 2 rings (SSSR count). The summed E-state index contributed by atoms with van der Waals surface area (Å²) in [5, 5.41) is 18.8. The van der Waals surface area contributed by atoms with Gasteiger partial charge in [0.05, 0.1) is 17.5 Å². The number of rotatable bonds is 8. The highest BCUT2D eigenvalue weighted by molar-refractivity contribution is 7.85. The predicted molar refractivity (Wildman–Crippen MR) is 89.9 cm³/mol. The molecule has 8 nitrogen and oxygen atoms in total. The maximum Gasteiger partial charge on any atom is 0.335 e. The number of aromatic carboxylic acids is 1. The molecule has 1 heterocycles. The number of hydrogen-bond donors (Lipinski definition) is 3. The molecule has 1 unspecified atom stereocenters. The second kappa shape index (κ2) is 7.77. The van der Waals surface area contributed by atoms with Crippen LogP contribution >= 0.6 is 0 Å². The minimum absolute atomic E-state index is 0.0316. The van der Waals surface area contributed by atoms with Gasteiger partial charge >= 0.3 is 5.97 Å². The molecule has 1 atom stereocenters. The molecule has 2 aromatic rings. The van der Waals surface area contributed by atoms with Crippen LogP contribution < -0.4 is 0 Å². The van der Waals surface area contributed by atoms with Crippen LogP contribution in [0.5, 0.6) is 0 Å². The Hall–Kier alpha value is -2.23. The number of hydrogen-bond acceptors (Lipinski definition) is 5. The Labute approximate surface area is 145 Å². The topological polar surface area (TPSA) is 130 Å². The highest BCUT2D eigenvalue weighted by Gasteiger charge is 2.27. The molecular formula is C16H20N2O6S. The first-order valence-corrected chi connectivity index (χ1v) is 9.25. The van der Waals surface area contributed by atoms with Gasteiger partial charge in [-0.25, -0.2) is 9.78 Å². The molecule has 0 radical (unpaired) electrons. The Balaban J connectivity index is 2.38. The third kappa shape index (κ3) is 4.65. The van der Waals surface area contributed by atoms with Gasteiger partial charge in [-0.05, 0) is 24.1 Å². The molecule has 0 saturated heterocycles. The Morgan fingerprint density at radius 1 is 1.28 bits per heavy atom. The van der Waals surface area contributed by atoms with Crippen LogP contribution in [0.25, 0.3) is 0 Å². The maximum absolute atomic E-state index is 11.3. The van der Waals surface area contributed by atoms with Gasteiger partial charge in [-0.3, -0.25) is 4.55 Å². The summed E-state index contributed by atoms with van der Waals surface area (Å²) < 4.78 is 33.2. The van der Waals surface area contributed by atoms with E-state index in [0.29, 0.717) is 17.8 Å². The van der Waals surface area contributed by atoms with Crippen LogP contribution in [0.1, 0.15) is 52.6 Å². The summed E-state index contributed by atoms with van der Waals surface area (Å²) in [5.74, 6) is -0.456. The third-order valence-electron chi connectivity index (χ3n) is 3.80. The van der Waals surface area contributed by atoms with Crippen LogP contribution in [0, 0.1) is 0 Å². The number of imidazole rings is 1. The zero-order chi connectivity index (χ0) is 18.6. The standard InChI is InChI=1S/C16H20N2O6S/c1-2-3-4-14-17-9-13(16(21)25(22,23)24)18(14)10-11-5-7-12(8-6-11)15(19)20/h5-9,16,21H,2-4,10H2,1H3,(H,19,20)(H,22,23,24). The van der Waals surface area contributed by atoms with Crippen LogP contribution in [0.4, 0.5) is 0 Å². The van der Waals surface area contributed by atoms with Gasteiger partial charge in [0.2, 0.25) is 5.44 Å². The minimum atomic E-state index is -4.68. The average Bonchev–Trinajstić information content (AvgIpc) is 2.94. The molecular weight excluding hydrogens is 348 g/mol. The number of aromatic nitrogens is 2. The number of benzene rings is 1. The summed E-state index contributed by atoms with van der Waals surface area (Å²) in [6, 6.07) is 6.10. The van der Waals surface area contributed by atoms with Gasteiger partial charge in [-0.2, -0.15) is 8.42 Å². The zero-order valence-corrected chi connectivity index (χ0v) is 14.5. The number of nitrogens with zero attached hydrogens (tertiary/aromatic N) is 2. The van der Waals surface area contributed by atoms with E-state index in [2.05, 4.69) is 4.98 Å². The van der Waals surface area contributed by atoms with Crippen molar-refractivity contribution in [2.24, 2.45) is 0 Å². The number of carboxylic acid groups (broad SMARTS) is 1. The number of aliphatic hydroxyl groups is 1. The van der Waals surface area contributed by atoms with Crippen molar-refractivity contribution in [2.75, 3.05) is 0 Å². The highest BCUT2D eigenvalue weighted by atomic mass is 32.2. The normalized spacial score (nSPS) is 12.9. The molecule has 0 spiro atoms. The van der Waals surface area contributed by atoms with Gasteiger partial charge in [-0.1, -0.05) is 25.5 Å². The summed E-state index contributed by atoms with van der Waals surface area (Å²) >= 11 is 0. The molecule has 0 saturated carbocycles. The van der Waals surface area contributed by atoms with Crippen molar-refractivity contribution < 1.29 is 28.0 Å². The first-order chi connectivity index (χ1) is 11.7. The van der Waals surface area contributed by atoms with Gasteiger partial charge < -0.3 is 14.8 Å². The molecule has 0 aliphatic heterocycles. The van der Waals surface area contributed by atoms with Crippen molar-refractivity contribution in [3.63, 3.8) is 0 Å². The fraction of sp³-hybridized carbons (Fsp3) is 0.375. The molecule has 1 aromatic heterocycles. The lowest BCUT2D eigenvalue weighted by atomic mass is 10.1. The molecule has 1 aromatic carbocycles. The second-order valence-electron chi connectivity index (χ2n) is 5.66. The van der Waals surface area contributed by atoms with E-state index < -0.39 is 21.5 Å². The molecule has 0 amide bonds. The van der Waals surface area contributed by atoms with E-state index in [4.69, 9.17) is 9.66 Å². The first kappa shape index (κ1) is 19.1. The largest absolute Gasteiger partial charge is 0.478 e. The van der Waals surface area contributed by atoms with Crippen molar-refractivity contribution in [3.8, 4) is 0 Å². The predicted octanol–water partition coefficient (Wildman–Crippen LogP) is 1.85. The highest BCUT2D eigenvalue weighted by Crippen LogP contribution is 2.22. The van der Waals surface area contributed by atoms with Crippen molar-refractivity contribution in [1.29, 1.82) is 0 Å². The van der Waals surface area contributed by atoms with E-state index in [9.17, 15) is 18.3 Å². The molecule has 0 fully saturated rings. The Morgan fingerprint density at radius 3 is 2.44 bits per heavy atom. The summed E-state index contributed by atoms with van der Waals surface area (Å²) in [4.78, 5) is 15.1. The monoisotopic (exact) mass is 368 g/mol. The van der Waals surface area contributed by atoms with Gasteiger partial charge in [0.15, 0.2) is 0 Å². The smallest absolute Gasteiger partial charge is 0.335 e. The summed E-state index contributed by atoms with van der Waals surface area (Å²) in [6.45, 7) is 2.20. The molecule has 3 N–H and O–H groups in total. The van der Waals surface area contributed by atoms with Crippen molar-refractivity contribution in [2.45, 2.75) is 38.2 Å². The lowest BCUT2D eigenvalue weighted by molar-refractivity contribution is 0.0697. The Kier molecular flexibility index (Phi) is 5.93. The van der Waals surface area contributed by atoms with Crippen molar-refractivity contribution in [3.05, 3.63) is 53.1 Å². The van der Waals surface area contributed by atoms with Crippen molar-refractivity contribution >= 4 is 16.1 Å². The SMILES string of the molecule is CCCCc1ncc(C(O)S(=O)(=O)O)n1Cc1ccc(C(=O)O)cc1. The minimum Gasteiger partial charge on any atom is -0.478 e. The van der Waals surface area contributed by atoms with E-state index >= 15 is 0 Å². The summed E-state index contributed by atoms with van der Waals surface area (Å²) in [7, 11) is -4.68. The third-order valence-corrected chi connectivity index (χ3v) is 4.61. The molecule has 0 bridgehead atoms. The van der Waals surface area contributed by atoms with E-state index in [1.165, 1.54) is 22.9 Å². The fourth-order valence-corrected chi connectivity index (χ4v) is 2.92. The number of carboxylic acids is 1. The van der Waals surface area contributed by atoms with Crippen LogP contribution in [0.15, 0.2) is 30.5 Å². The molecule has 0 aliphatic carbocycles. The Morgan fingerprint density at radius 2 is 1.92 bits per heavy atom. The zero-order valence-electron chi connectivity index (χ0n) is 13.7. The quantitative estimate of drug-likeness (QED) is 0.606. The van der Waals surface area contributed by atoms with E-state index in [0.717, 1.165) is 12.8 Å². The van der Waals surface area contributed by atoms with Gasteiger partial charge in [-0.15, -0.1) is 0 Å². The first-order valence-electron chi connectivity index (χ1n) is 7.75. The molecule has 0 aliphatic rings. The van der Waals surface area contributed by atoms with Crippen LogP contribution in [-0.4, -0.2) is 38.7 Å². The van der Waals surface area contributed by atoms with E-state index in [-0.39, 0.29) is 17.8 Å². The van der Waals surface area contributed by atoms with Crippen LogP contribution in [0.3, 0.4) is 0 Å². The van der Waals surface area contributed by atoms with E-state index in [1.54, 1.807) is 12.1 Å². The number of carbonyl (C=O) groups is 1. The maximum atomic E-state index is 11.3. The summed E-state index contributed by atoms with van der Waals surface area (Å²) in [6.07, 6.45) is 3.56. The lowest BCUT2D eigenvalue weighted by Crippen LogP contribution is -2.18. The second-order valence-corrected chi connectivity index (χ2v) is 7.13. The van der Waals surface area contributed by atoms with Gasteiger partial charge in [0.25, 0.3) is 10.1 Å². The lowest BCUT2D eigenvalue weighted by Gasteiger charge is -2.15. The van der Waals surface area contributed by atoms with Crippen LogP contribution in [0.2, 0.25) is 0 Å². The fourth-order valence-electron chi connectivity index (χ4n) is 2.43. The van der Waals surface area contributed by atoms with E-state index in [1.807, 2.05) is 6.92 Å². The van der Waals surface area contributed by atoms with Gasteiger partial charge in [0, 0.05) is 13.0 Å². The molecule has 136 valence electrons. The van der Waals surface area contributed by atoms with Gasteiger partial charge in [0.1, 0.15) is 5.82 Å². The average molecular weight is 368 g/mol. The van der Waals surface area contributed by atoms with Crippen molar-refractivity contribution in [1.82, 2.24) is 9.55 Å². The summed E-state index contributed by atoms with van der Waals surface area (Å²) in [5.41, 5.74) is -1.27. The number of aliphatic hydroxyl groups excluding tert-OH is 1. The molecule has 9 heteroatoms. The Bertz CT molecular complexity index is 842. The van der Waals surface area contributed by atoms with Crippen LogP contribution in [-0.2, 0) is 23.1 Å².